The van der Waals surface area contributed by atoms with Crippen LogP contribution >= 0.6 is 0 Å². The first kappa shape index (κ1) is 22.3. The molecule has 1 aliphatic rings. The molecule has 0 fully saturated rings. The molecular weight excluding hydrogens is 404 g/mol. The van der Waals surface area contributed by atoms with Crippen molar-refractivity contribution in [1.29, 1.82) is 0 Å². The summed E-state index contributed by atoms with van der Waals surface area (Å²) in [5, 5.41) is 4.12. The number of aromatic nitrogens is 3. The highest BCUT2D eigenvalue weighted by molar-refractivity contribution is 5.99. The van der Waals surface area contributed by atoms with Gasteiger partial charge in [0.2, 0.25) is 0 Å². The van der Waals surface area contributed by atoms with Gasteiger partial charge in [0.15, 0.2) is 0 Å². The Balaban J connectivity index is 1.50. The number of carbonyl (C=O) groups excluding carboxylic acids is 1. The van der Waals surface area contributed by atoms with Crippen LogP contribution in [0.1, 0.15) is 52.3 Å². The summed E-state index contributed by atoms with van der Waals surface area (Å²) < 4.78 is 13.3. The lowest BCUT2D eigenvalue weighted by Gasteiger charge is -2.16. The lowest BCUT2D eigenvalue weighted by molar-refractivity contribution is 0.0937. The van der Waals surface area contributed by atoms with Crippen LogP contribution in [0.5, 0.6) is 6.01 Å². The second-order valence-electron chi connectivity index (χ2n) is 8.40. The van der Waals surface area contributed by atoms with E-state index in [-0.39, 0.29) is 5.91 Å². The van der Waals surface area contributed by atoms with Crippen LogP contribution in [0.15, 0.2) is 24.3 Å². The van der Waals surface area contributed by atoms with Crippen molar-refractivity contribution in [3.05, 3.63) is 52.5 Å². The Morgan fingerprint density at radius 3 is 2.66 bits per heavy atom. The molecule has 1 amide bonds. The van der Waals surface area contributed by atoms with Crippen molar-refractivity contribution >= 4 is 16.8 Å². The van der Waals surface area contributed by atoms with Gasteiger partial charge in [-0.2, -0.15) is 0 Å². The van der Waals surface area contributed by atoms with Gasteiger partial charge in [0.1, 0.15) is 0 Å². The number of rotatable bonds is 9. The van der Waals surface area contributed by atoms with E-state index in [9.17, 15) is 4.79 Å². The van der Waals surface area contributed by atoms with Crippen molar-refractivity contribution in [2.24, 2.45) is 0 Å². The Kier molecular flexibility index (Phi) is 7.05. The van der Waals surface area contributed by atoms with E-state index in [0.29, 0.717) is 31.3 Å². The van der Waals surface area contributed by atoms with E-state index in [1.54, 1.807) is 7.11 Å². The number of benzene rings is 1. The summed E-state index contributed by atoms with van der Waals surface area (Å²) in [6.45, 7) is 6.36. The zero-order valence-electron chi connectivity index (χ0n) is 19.2. The number of carbonyl (C=O) groups is 1. The van der Waals surface area contributed by atoms with Gasteiger partial charge in [-0.25, -0.2) is 9.97 Å². The first-order valence-corrected chi connectivity index (χ1v) is 11.4. The second kappa shape index (κ2) is 10.1. The van der Waals surface area contributed by atoms with Gasteiger partial charge >= 0.3 is 6.01 Å². The third-order valence-corrected chi connectivity index (χ3v) is 5.95. The Morgan fingerprint density at radius 1 is 1.09 bits per heavy atom. The van der Waals surface area contributed by atoms with E-state index in [2.05, 4.69) is 32.0 Å². The number of methoxy groups -OCH3 is 1. The molecule has 0 atom stereocenters. The van der Waals surface area contributed by atoms with Crippen molar-refractivity contribution in [2.75, 3.05) is 26.9 Å². The number of aryl methyl sites for hydroxylation is 4. The zero-order chi connectivity index (χ0) is 22.5. The number of hydrogen-bond acceptors (Lipinski definition) is 5. The molecule has 0 unspecified atom stereocenters. The van der Waals surface area contributed by atoms with Crippen LogP contribution in [-0.2, 0) is 24.1 Å². The number of nitrogens with zero attached hydrogens (tertiary/aromatic N) is 3. The highest BCUT2D eigenvalue weighted by Gasteiger charge is 2.21. The molecule has 0 saturated heterocycles. The Morgan fingerprint density at radius 2 is 1.88 bits per heavy atom. The van der Waals surface area contributed by atoms with Gasteiger partial charge in [-0.3, -0.25) is 4.79 Å². The van der Waals surface area contributed by atoms with E-state index >= 15 is 0 Å². The van der Waals surface area contributed by atoms with Crippen molar-refractivity contribution in [2.45, 2.75) is 52.5 Å². The van der Waals surface area contributed by atoms with Crippen LogP contribution in [0.4, 0.5) is 0 Å². The van der Waals surface area contributed by atoms with E-state index < -0.39 is 0 Å². The SMILES string of the molecule is COCCNC(=O)c1ccc2c(c1)c1c(n2CCCOc2nc(C)cc(C)n2)CCCC1. The fraction of sp³-hybridized carbons (Fsp3) is 0.480. The predicted octanol–water partition coefficient (Wildman–Crippen LogP) is 3.77. The summed E-state index contributed by atoms with van der Waals surface area (Å²) in [7, 11) is 1.63. The van der Waals surface area contributed by atoms with Crippen molar-refractivity contribution < 1.29 is 14.3 Å². The van der Waals surface area contributed by atoms with Gasteiger partial charge < -0.3 is 19.4 Å². The fourth-order valence-electron chi connectivity index (χ4n) is 4.55. The summed E-state index contributed by atoms with van der Waals surface area (Å²) in [6.07, 6.45) is 5.43. The Bertz CT molecular complexity index is 1090. The van der Waals surface area contributed by atoms with Gasteiger partial charge in [0.05, 0.1) is 13.2 Å². The molecule has 2 heterocycles. The first-order valence-electron chi connectivity index (χ1n) is 11.4. The summed E-state index contributed by atoms with van der Waals surface area (Å²) in [5.74, 6) is -0.0527. The minimum Gasteiger partial charge on any atom is -0.463 e. The summed E-state index contributed by atoms with van der Waals surface area (Å²) in [4.78, 5) is 21.2. The predicted molar refractivity (Wildman–Crippen MR) is 124 cm³/mol. The van der Waals surface area contributed by atoms with Crippen molar-refractivity contribution in [3.63, 3.8) is 0 Å². The molecule has 0 bridgehead atoms. The average Bonchev–Trinajstić information content (AvgIpc) is 3.09. The minimum absolute atomic E-state index is 0.0527. The molecule has 1 N–H and O–H groups in total. The third-order valence-electron chi connectivity index (χ3n) is 5.95. The Labute approximate surface area is 189 Å². The van der Waals surface area contributed by atoms with Crippen molar-refractivity contribution in [3.8, 4) is 6.01 Å². The van der Waals surface area contributed by atoms with Gasteiger partial charge in [0.25, 0.3) is 5.91 Å². The molecule has 7 heteroatoms. The molecule has 7 nitrogen and oxygen atoms in total. The third kappa shape index (κ3) is 4.93. The van der Waals surface area contributed by atoms with Crippen LogP contribution in [0.3, 0.4) is 0 Å². The summed E-state index contributed by atoms with van der Waals surface area (Å²) >= 11 is 0. The maximum absolute atomic E-state index is 12.5. The molecular formula is C25H32N4O3. The molecule has 1 aromatic carbocycles. The number of nitrogens with one attached hydrogen (secondary N) is 1. The number of hydrogen-bond donors (Lipinski definition) is 1. The van der Waals surface area contributed by atoms with E-state index in [1.165, 1.54) is 35.0 Å². The topological polar surface area (TPSA) is 78.3 Å². The lowest BCUT2D eigenvalue weighted by atomic mass is 9.95. The summed E-state index contributed by atoms with van der Waals surface area (Å²) in [6, 6.07) is 8.46. The molecule has 1 aliphatic carbocycles. The number of amides is 1. The van der Waals surface area contributed by atoms with Gasteiger partial charge in [-0.15, -0.1) is 0 Å². The smallest absolute Gasteiger partial charge is 0.316 e. The molecule has 2 aromatic heterocycles. The van der Waals surface area contributed by atoms with E-state index in [4.69, 9.17) is 9.47 Å². The maximum atomic E-state index is 12.5. The maximum Gasteiger partial charge on any atom is 0.316 e. The molecule has 4 rings (SSSR count). The minimum atomic E-state index is -0.0527. The molecule has 0 spiro atoms. The molecule has 0 radical (unpaired) electrons. The quantitative estimate of drug-likeness (QED) is 0.517. The van der Waals surface area contributed by atoms with Crippen LogP contribution < -0.4 is 10.1 Å². The number of fused-ring (bicyclic) bond motifs is 3. The first-order chi connectivity index (χ1) is 15.6. The van der Waals surface area contributed by atoms with Crippen LogP contribution in [0, 0.1) is 13.8 Å². The highest BCUT2D eigenvalue weighted by atomic mass is 16.5. The van der Waals surface area contributed by atoms with Gasteiger partial charge in [0, 0.05) is 53.7 Å². The number of ether oxygens (including phenoxy) is 2. The molecule has 32 heavy (non-hydrogen) atoms. The normalized spacial score (nSPS) is 13.2. The largest absolute Gasteiger partial charge is 0.463 e. The van der Waals surface area contributed by atoms with Crippen LogP contribution in [-0.4, -0.2) is 47.3 Å². The van der Waals surface area contributed by atoms with E-state index in [1.807, 2.05) is 26.0 Å². The van der Waals surface area contributed by atoms with E-state index in [0.717, 1.165) is 37.2 Å². The monoisotopic (exact) mass is 436 g/mol. The molecule has 0 aliphatic heterocycles. The molecule has 170 valence electrons. The standard InChI is InChI=1S/C25H32N4O3/c1-17-15-18(2)28-25(27-17)32-13-6-12-29-22-8-5-4-7-20(22)21-16-19(9-10-23(21)29)24(30)26-11-14-31-3/h9-10,15-16H,4-8,11-14H2,1-3H3,(H,26,30). The van der Waals surface area contributed by atoms with Crippen LogP contribution in [0.25, 0.3) is 10.9 Å². The fourth-order valence-corrected chi connectivity index (χ4v) is 4.55. The van der Waals surface area contributed by atoms with Gasteiger partial charge in [-0.05, 0) is 75.8 Å². The van der Waals surface area contributed by atoms with Crippen molar-refractivity contribution in [1.82, 2.24) is 19.9 Å². The lowest BCUT2D eigenvalue weighted by Crippen LogP contribution is -2.26. The van der Waals surface area contributed by atoms with Crippen LogP contribution in [0.2, 0.25) is 0 Å². The summed E-state index contributed by atoms with van der Waals surface area (Å²) in [5.41, 5.74) is 6.55. The van der Waals surface area contributed by atoms with Gasteiger partial charge in [-0.1, -0.05) is 0 Å². The highest BCUT2D eigenvalue weighted by Crippen LogP contribution is 2.33. The molecule has 3 aromatic rings. The Hall–Kier alpha value is -2.93. The average molecular weight is 437 g/mol. The zero-order valence-corrected chi connectivity index (χ0v) is 19.2. The molecule has 0 saturated carbocycles. The second-order valence-corrected chi connectivity index (χ2v) is 8.40.